The van der Waals surface area contributed by atoms with Crippen LogP contribution in [0.1, 0.15) is 43.9 Å². The summed E-state index contributed by atoms with van der Waals surface area (Å²) in [6.07, 6.45) is 0.780. The first-order valence-corrected chi connectivity index (χ1v) is 14.6. The minimum absolute atomic E-state index is 0.0574. The van der Waals surface area contributed by atoms with Crippen LogP contribution in [0.2, 0.25) is 10.0 Å². The van der Waals surface area contributed by atoms with E-state index in [1.807, 2.05) is 13.8 Å². The second-order valence-electron chi connectivity index (χ2n) is 10.1. The number of Topliss-reactive ketones (excluding diaryl/α,β-unsaturated/α-hetero) is 1. The standard InChI is InChI=1S/C26H23Cl2N7O3S2/c1-12-7-18(34-38-12)31-19(37)11-39-25-33-32-24(40-25)35-16-8-26(2,3)9-17(36)22(16)20(13(10-29)23(35)30)21-14(27)5-4-6-15(21)28/h4-7,20H,8-9,11,30H2,1-3H3,(H,31,34,37). The van der Waals surface area contributed by atoms with Crippen molar-refractivity contribution in [3.63, 3.8) is 0 Å². The van der Waals surface area contributed by atoms with Crippen molar-refractivity contribution in [2.45, 2.75) is 43.9 Å². The summed E-state index contributed by atoms with van der Waals surface area (Å²) in [6, 6.07) is 8.86. The molecule has 1 atom stereocenters. The van der Waals surface area contributed by atoms with Crippen LogP contribution in [-0.2, 0) is 9.59 Å². The van der Waals surface area contributed by atoms with Crippen LogP contribution in [0, 0.1) is 23.7 Å². The number of hydrogen-bond acceptors (Lipinski definition) is 11. The van der Waals surface area contributed by atoms with Crippen LogP contribution in [-0.4, -0.2) is 32.8 Å². The van der Waals surface area contributed by atoms with E-state index in [-0.39, 0.29) is 40.7 Å². The molecule has 0 fully saturated rings. The Kier molecular flexibility index (Phi) is 7.67. The highest BCUT2D eigenvalue weighted by atomic mass is 35.5. The molecule has 14 heteroatoms. The Morgan fingerprint density at radius 1 is 1.32 bits per heavy atom. The van der Waals surface area contributed by atoms with E-state index in [0.717, 1.165) is 0 Å². The predicted octanol–water partition coefficient (Wildman–Crippen LogP) is 5.81. The fraction of sp³-hybridized carbons (Fsp3) is 0.308. The van der Waals surface area contributed by atoms with Gasteiger partial charge in [0.2, 0.25) is 11.0 Å². The van der Waals surface area contributed by atoms with Crippen molar-refractivity contribution in [2.75, 3.05) is 16.0 Å². The lowest BCUT2D eigenvalue weighted by Gasteiger charge is -2.42. The predicted molar refractivity (Wildman–Crippen MR) is 154 cm³/mol. The van der Waals surface area contributed by atoms with Gasteiger partial charge < -0.3 is 15.6 Å². The van der Waals surface area contributed by atoms with Gasteiger partial charge in [0, 0.05) is 39.4 Å². The number of aromatic nitrogens is 3. The summed E-state index contributed by atoms with van der Waals surface area (Å²) < 4.78 is 5.47. The summed E-state index contributed by atoms with van der Waals surface area (Å²) in [6.45, 7) is 5.73. The highest BCUT2D eigenvalue weighted by molar-refractivity contribution is 8.01. The van der Waals surface area contributed by atoms with E-state index >= 15 is 0 Å². The van der Waals surface area contributed by atoms with E-state index in [0.29, 0.717) is 54.3 Å². The molecule has 10 nitrogen and oxygen atoms in total. The van der Waals surface area contributed by atoms with Crippen molar-refractivity contribution < 1.29 is 14.1 Å². The first kappa shape index (κ1) is 28.2. The quantitative estimate of drug-likeness (QED) is 0.325. The molecule has 5 rings (SSSR count). The molecule has 3 N–H and O–H groups in total. The number of carbonyl (C=O) groups is 2. The Morgan fingerprint density at radius 2 is 2.05 bits per heavy atom. The molecule has 3 heterocycles. The molecule has 0 spiro atoms. The minimum atomic E-state index is -0.813. The minimum Gasteiger partial charge on any atom is -0.384 e. The second kappa shape index (κ2) is 10.9. The summed E-state index contributed by atoms with van der Waals surface area (Å²) in [7, 11) is 0. The van der Waals surface area contributed by atoms with Gasteiger partial charge in [0.15, 0.2) is 15.9 Å². The maximum Gasteiger partial charge on any atom is 0.236 e. The van der Waals surface area contributed by atoms with E-state index in [2.05, 4.69) is 26.7 Å². The summed E-state index contributed by atoms with van der Waals surface area (Å²) in [5.41, 5.74) is 7.95. The van der Waals surface area contributed by atoms with E-state index in [1.54, 1.807) is 36.1 Å². The number of carbonyl (C=O) groups excluding carboxylic acids is 2. The fourth-order valence-electron chi connectivity index (χ4n) is 4.89. The van der Waals surface area contributed by atoms with Crippen LogP contribution in [0.15, 0.2) is 55.8 Å². The molecule has 0 saturated carbocycles. The van der Waals surface area contributed by atoms with E-state index in [9.17, 15) is 14.9 Å². The molecule has 1 aromatic carbocycles. The van der Waals surface area contributed by atoms with Crippen LogP contribution >= 0.6 is 46.3 Å². The molecule has 206 valence electrons. The van der Waals surface area contributed by atoms with Crippen LogP contribution in [0.25, 0.3) is 0 Å². The number of anilines is 2. The van der Waals surface area contributed by atoms with Crippen molar-refractivity contribution in [3.8, 4) is 6.07 Å². The number of nitrogens with two attached hydrogens (primary N) is 1. The molecule has 1 amide bonds. The summed E-state index contributed by atoms with van der Waals surface area (Å²) >= 11 is 15.5. The third-order valence-electron chi connectivity index (χ3n) is 6.48. The lowest BCUT2D eigenvalue weighted by molar-refractivity contribution is -0.118. The Morgan fingerprint density at radius 3 is 2.70 bits per heavy atom. The van der Waals surface area contributed by atoms with Gasteiger partial charge in [0.25, 0.3) is 0 Å². The Hall–Kier alpha value is -3.37. The summed E-state index contributed by atoms with van der Waals surface area (Å²) in [4.78, 5) is 27.7. The molecule has 1 aliphatic heterocycles. The monoisotopic (exact) mass is 615 g/mol. The molecular weight excluding hydrogens is 593 g/mol. The molecule has 2 aromatic heterocycles. The lowest BCUT2D eigenvalue weighted by atomic mass is 9.68. The first-order chi connectivity index (χ1) is 19.0. The first-order valence-electron chi connectivity index (χ1n) is 12.1. The van der Waals surface area contributed by atoms with Gasteiger partial charge in [-0.3, -0.25) is 14.5 Å². The summed E-state index contributed by atoms with van der Waals surface area (Å²) in [5.74, 6) is -0.126. The van der Waals surface area contributed by atoms with Crippen LogP contribution < -0.4 is 16.0 Å². The van der Waals surface area contributed by atoms with Gasteiger partial charge in [-0.1, -0.05) is 71.4 Å². The largest absolute Gasteiger partial charge is 0.384 e. The maximum atomic E-state index is 13.7. The highest BCUT2D eigenvalue weighted by Crippen LogP contribution is 2.52. The van der Waals surface area contributed by atoms with Crippen LogP contribution in [0.5, 0.6) is 0 Å². The zero-order valence-electron chi connectivity index (χ0n) is 21.6. The van der Waals surface area contributed by atoms with Gasteiger partial charge in [-0.25, -0.2) is 0 Å². The number of nitrogens with zero attached hydrogens (tertiary/aromatic N) is 5. The molecular formula is C26H23Cl2N7O3S2. The van der Waals surface area contributed by atoms with Crippen molar-refractivity contribution in [1.29, 1.82) is 5.26 Å². The van der Waals surface area contributed by atoms with E-state index in [4.69, 9.17) is 33.5 Å². The SMILES string of the molecule is Cc1cc(NC(=O)CSc2nnc(N3C(N)=C(C#N)C(c4c(Cl)cccc4Cl)C4=C3CC(C)(C)CC4=O)s2)no1. The molecule has 0 saturated heterocycles. The highest BCUT2D eigenvalue weighted by Gasteiger charge is 2.46. The molecule has 2 aliphatic rings. The van der Waals surface area contributed by atoms with Crippen molar-refractivity contribution >= 4 is 68.9 Å². The third kappa shape index (κ3) is 5.34. The Labute approximate surface area is 248 Å². The third-order valence-corrected chi connectivity index (χ3v) is 9.18. The second-order valence-corrected chi connectivity index (χ2v) is 13.1. The zero-order chi connectivity index (χ0) is 28.8. The molecule has 1 unspecified atom stereocenters. The van der Waals surface area contributed by atoms with Crippen LogP contribution in [0.3, 0.4) is 0 Å². The number of halogens is 2. The van der Waals surface area contributed by atoms with E-state index < -0.39 is 5.92 Å². The maximum absolute atomic E-state index is 13.7. The topological polar surface area (TPSA) is 151 Å². The Balaban J connectivity index is 1.51. The number of ketones is 1. The lowest BCUT2D eigenvalue weighted by Crippen LogP contribution is -2.42. The number of rotatable bonds is 6. The molecule has 0 bridgehead atoms. The molecule has 0 radical (unpaired) electrons. The number of amides is 1. The number of benzene rings is 1. The molecule has 3 aromatic rings. The number of nitrogens with one attached hydrogen (secondary N) is 1. The zero-order valence-corrected chi connectivity index (χ0v) is 24.8. The Bertz CT molecular complexity index is 1620. The molecule has 40 heavy (non-hydrogen) atoms. The van der Waals surface area contributed by atoms with E-state index in [1.165, 1.54) is 23.1 Å². The van der Waals surface area contributed by atoms with Crippen molar-refractivity contribution in [3.05, 3.63) is 68.3 Å². The number of allylic oxidation sites excluding steroid dienone is 3. The average Bonchev–Trinajstić information content (AvgIpc) is 3.50. The number of thioether (sulfide) groups is 1. The number of aryl methyl sites for hydroxylation is 1. The van der Waals surface area contributed by atoms with Gasteiger partial charge in [0.05, 0.1) is 23.3 Å². The van der Waals surface area contributed by atoms with Gasteiger partial charge in [0.1, 0.15) is 11.6 Å². The normalized spacial score (nSPS) is 18.6. The van der Waals surface area contributed by atoms with Crippen molar-refractivity contribution in [1.82, 2.24) is 15.4 Å². The number of hydrogen-bond donors (Lipinski definition) is 2. The smallest absolute Gasteiger partial charge is 0.236 e. The number of nitriles is 1. The summed E-state index contributed by atoms with van der Waals surface area (Å²) in [5, 5.41) is 26.3. The molecule has 1 aliphatic carbocycles. The van der Waals surface area contributed by atoms with Gasteiger partial charge in [-0.05, 0) is 30.9 Å². The average molecular weight is 617 g/mol. The van der Waals surface area contributed by atoms with Gasteiger partial charge in [-0.15, -0.1) is 10.2 Å². The fourth-order valence-corrected chi connectivity index (χ4v) is 7.18. The van der Waals surface area contributed by atoms with Gasteiger partial charge >= 0.3 is 0 Å². The van der Waals surface area contributed by atoms with Crippen molar-refractivity contribution in [2.24, 2.45) is 11.1 Å². The van der Waals surface area contributed by atoms with Gasteiger partial charge in [-0.2, -0.15) is 5.26 Å². The van der Waals surface area contributed by atoms with Crippen LogP contribution in [0.4, 0.5) is 10.9 Å².